The highest BCUT2D eigenvalue weighted by Crippen LogP contribution is 2.23. The van der Waals surface area contributed by atoms with Crippen LogP contribution in [0.25, 0.3) is 22.1 Å². The standard InChI is InChI=1S/C17H19N3O3/c1-10(2)11(3)19-14(21)8-20-9-18-15-12-6-4-5-7-13(12)23-16(15)17(20)22/h4-7,9-11H,8H2,1-3H3,(H,19,21)/t11-/m0/s1. The fraction of sp³-hybridized carbons (Fsp3) is 0.353. The van der Waals surface area contributed by atoms with Crippen molar-refractivity contribution in [1.29, 1.82) is 0 Å². The molecule has 3 rings (SSSR count). The molecule has 0 spiro atoms. The first-order valence-electron chi connectivity index (χ1n) is 7.63. The molecule has 0 aliphatic heterocycles. The Labute approximate surface area is 133 Å². The van der Waals surface area contributed by atoms with Crippen molar-refractivity contribution < 1.29 is 9.21 Å². The van der Waals surface area contributed by atoms with E-state index in [-0.39, 0.29) is 29.6 Å². The molecule has 0 bridgehead atoms. The van der Waals surface area contributed by atoms with Crippen LogP contribution in [-0.4, -0.2) is 21.5 Å². The van der Waals surface area contributed by atoms with Crippen LogP contribution < -0.4 is 10.9 Å². The highest BCUT2D eigenvalue weighted by atomic mass is 16.3. The maximum Gasteiger partial charge on any atom is 0.297 e. The average Bonchev–Trinajstić information content (AvgIpc) is 2.89. The van der Waals surface area contributed by atoms with Crippen LogP contribution >= 0.6 is 0 Å². The first-order chi connectivity index (χ1) is 11.0. The molecule has 2 aromatic heterocycles. The van der Waals surface area contributed by atoms with Crippen LogP contribution in [0, 0.1) is 5.92 Å². The summed E-state index contributed by atoms with van der Waals surface area (Å²) in [7, 11) is 0. The molecule has 120 valence electrons. The maximum absolute atomic E-state index is 12.5. The topological polar surface area (TPSA) is 77.1 Å². The van der Waals surface area contributed by atoms with Gasteiger partial charge in [0.2, 0.25) is 11.5 Å². The monoisotopic (exact) mass is 313 g/mol. The number of carbonyl (C=O) groups is 1. The zero-order valence-electron chi connectivity index (χ0n) is 13.4. The third-order valence-corrected chi connectivity index (χ3v) is 4.05. The molecular weight excluding hydrogens is 294 g/mol. The second-order valence-corrected chi connectivity index (χ2v) is 6.05. The summed E-state index contributed by atoms with van der Waals surface area (Å²) >= 11 is 0. The number of carbonyl (C=O) groups excluding carboxylic acids is 1. The number of benzene rings is 1. The van der Waals surface area contributed by atoms with Gasteiger partial charge in [0.05, 0.1) is 6.33 Å². The lowest BCUT2D eigenvalue weighted by molar-refractivity contribution is -0.122. The van der Waals surface area contributed by atoms with Crippen molar-refractivity contribution >= 4 is 28.0 Å². The van der Waals surface area contributed by atoms with E-state index in [0.29, 0.717) is 17.0 Å². The molecule has 6 nitrogen and oxygen atoms in total. The third kappa shape index (κ3) is 2.84. The minimum atomic E-state index is -0.349. The summed E-state index contributed by atoms with van der Waals surface area (Å²) in [6.07, 6.45) is 1.40. The van der Waals surface area contributed by atoms with Crippen molar-refractivity contribution in [3.63, 3.8) is 0 Å². The van der Waals surface area contributed by atoms with Gasteiger partial charge in [-0.2, -0.15) is 0 Å². The maximum atomic E-state index is 12.5. The predicted octanol–water partition coefficient (Wildman–Crippen LogP) is 2.30. The summed E-state index contributed by atoms with van der Waals surface area (Å²) in [5, 5.41) is 3.67. The molecule has 1 N–H and O–H groups in total. The van der Waals surface area contributed by atoms with Crippen molar-refractivity contribution in [2.45, 2.75) is 33.4 Å². The van der Waals surface area contributed by atoms with E-state index in [0.717, 1.165) is 5.39 Å². The lowest BCUT2D eigenvalue weighted by atomic mass is 10.1. The molecular formula is C17H19N3O3. The zero-order valence-corrected chi connectivity index (χ0v) is 13.4. The minimum Gasteiger partial charge on any atom is -0.448 e. The number of fused-ring (bicyclic) bond motifs is 3. The van der Waals surface area contributed by atoms with Crippen LogP contribution in [0.3, 0.4) is 0 Å². The van der Waals surface area contributed by atoms with Gasteiger partial charge in [-0.25, -0.2) is 4.98 Å². The van der Waals surface area contributed by atoms with Crippen LogP contribution in [0.4, 0.5) is 0 Å². The van der Waals surface area contributed by atoms with Crippen LogP contribution in [0.5, 0.6) is 0 Å². The van der Waals surface area contributed by atoms with Gasteiger partial charge in [-0.3, -0.25) is 14.2 Å². The predicted molar refractivity (Wildman–Crippen MR) is 88.2 cm³/mol. The summed E-state index contributed by atoms with van der Waals surface area (Å²) in [5.41, 5.74) is 0.970. The van der Waals surface area contributed by atoms with E-state index in [9.17, 15) is 9.59 Å². The fourth-order valence-corrected chi connectivity index (χ4v) is 2.35. The fourth-order valence-electron chi connectivity index (χ4n) is 2.35. The lowest BCUT2D eigenvalue weighted by Crippen LogP contribution is -2.39. The Kier molecular flexibility index (Phi) is 3.90. The Hall–Kier alpha value is -2.63. The van der Waals surface area contributed by atoms with E-state index < -0.39 is 0 Å². The number of aromatic nitrogens is 2. The largest absolute Gasteiger partial charge is 0.448 e. The van der Waals surface area contributed by atoms with E-state index in [1.165, 1.54) is 10.9 Å². The first-order valence-corrected chi connectivity index (χ1v) is 7.63. The average molecular weight is 313 g/mol. The molecule has 1 atom stereocenters. The molecule has 0 saturated heterocycles. The smallest absolute Gasteiger partial charge is 0.297 e. The van der Waals surface area contributed by atoms with Crippen molar-refractivity contribution in [3.8, 4) is 0 Å². The van der Waals surface area contributed by atoms with E-state index >= 15 is 0 Å². The number of furan rings is 1. The number of nitrogens with one attached hydrogen (secondary N) is 1. The van der Waals surface area contributed by atoms with Gasteiger partial charge in [-0.05, 0) is 25.0 Å². The van der Waals surface area contributed by atoms with Crippen LogP contribution in [0.1, 0.15) is 20.8 Å². The highest BCUT2D eigenvalue weighted by Gasteiger charge is 2.16. The minimum absolute atomic E-state index is 0.0427. The molecule has 0 fully saturated rings. The van der Waals surface area contributed by atoms with Crippen LogP contribution in [-0.2, 0) is 11.3 Å². The number of amides is 1. The highest BCUT2D eigenvalue weighted by molar-refractivity contribution is 6.01. The Morgan fingerprint density at radius 2 is 2.04 bits per heavy atom. The summed E-state index contributed by atoms with van der Waals surface area (Å²) in [6.45, 7) is 5.92. The van der Waals surface area contributed by atoms with E-state index in [2.05, 4.69) is 10.3 Å². The van der Waals surface area contributed by atoms with Gasteiger partial charge in [-0.15, -0.1) is 0 Å². The number of hydrogen-bond acceptors (Lipinski definition) is 4. The van der Waals surface area contributed by atoms with Crippen molar-refractivity contribution in [2.75, 3.05) is 0 Å². The molecule has 2 heterocycles. The normalized spacial score (nSPS) is 12.9. The molecule has 1 aromatic carbocycles. The Morgan fingerprint density at radius 1 is 1.30 bits per heavy atom. The molecule has 3 aromatic rings. The van der Waals surface area contributed by atoms with E-state index in [1.54, 1.807) is 6.07 Å². The summed E-state index contributed by atoms with van der Waals surface area (Å²) < 4.78 is 6.87. The summed E-state index contributed by atoms with van der Waals surface area (Å²) in [6, 6.07) is 7.39. The van der Waals surface area contributed by atoms with Crippen molar-refractivity contribution in [3.05, 3.63) is 40.9 Å². The van der Waals surface area contributed by atoms with Gasteiger partial charge in [-0.1, -0.05) is 26.0 Å². The molecule has 0 aliphatic carbocycles. The van der Waals surface area contributed by atoms with E-state index in [4.69, 9.17) is 4.42 Å². The molecule has 23 heavy (non-hydrogen) atoms. The van der Waals surface area contributed by atoms with Gasteiger partial charge >= 0.3 is 0 Å². The molecule has 0 radical (unpaired) electrons. The summed E-state index contributed by atoms with van der Waals surface area (Å²) in [5.74, 6) is 0.109. The summed E-state index contributed by atoms with van der Waals surface area (Å²) in [4.78, 5) is 28.8. The van der Waals surface area contributed by atoms with Crippen molar-refractivity contribution in [1.82, 2.24) is 14.9 Å². The van der Waals surface area contributed by atoms with E-state index in [1.807, 2.05) is 39.0 Å². The van der Waals surface area contributed by atoms with Gasteiger partial charge in [0.15, 0.2) is 0 Å². The van der Waals surface area contributed by atoms with Crippen molar-refractivity contribution in [2.24, 2.45) is 5.92 Å². The van der Waals surface area contributed by atoms with Gasteiger partial charge in [0.1, 0.15) is 17.6 Å². The second kappa shape index (κ2) is 5.87. The SMILES string of the molecule is CC(C)[C@H](C)NC(=O)Cn1cnc2c(oc3ccccc32)c1=O. The quantitative estimate of drug-likeness (QED) is 0.802. The first kappa shape index (κ1) is 15.3. The number of hydrogen-bond donors (Lipinski definition) is 1. The molecule has 1 amide bonds. The third-order valence-electron chi connectivity index (χ3n) is 4.05. The van der Waals surface area contributed by atoms with Crippen LogP contribution in [0.2, 0.25) is 0 Å². The van der Waals surface area contributed by atoms with Gasteiger partial charge in [0.25, 0.3) is 5.56 Å². The Morgan fingerprint density at radius 3 is 2.78 bits per heavy atom. The zero-order chi connectivity index (χ0) is 16.6. The van der Waals surface area contributed by atoms with Gasteiger partial charge in [0, 0.05) is 11.4 Å². The number of para-hydroxylation sites is 1. The second-order valence-electron chi connectivity index (χ2n) is 6.05. The van der Waals surface area contributed by atoms with Gasteiger partial charge < -0.3 is 9.73 Å². The lowest BCUT2D eigenvalue weighted by Gasteiger charge is -2.17. The molecule has 0 unspecified atom stereocenters. The molecule has 6 heteroatoms. The molecule has 0 saturated carbocycles. The molecule has 0 aliphatic rings. The Balaban J connectivity index is 1.93. The van der Waals surface area contributed by atoms with Crippen LogP contribution in [0.15, 0.2) is 39.8 Å². The number of rotatable bonds is 4. The number of nitrogens with zero attached hydrogens (tertiary/aromatic N) is 2. The Bertz CT molecular complexity index is 924.